The van der Waals surface area contributed by atoms with Gasteiger partial charge in [-0.25, -0.2) is 4.98 Å². The number of amides is 1. The first kappa shape index (κ1) is 14.4. The fraction of sp³-hybridized carbons (Fsp3) is 0.538. The zero-order chi connectivity index (χ0) is 14.5. The summed E-state index contributed by atoms with van der Waals surface area (Å²) in [5.41, 5.74) is 11.8. The lowest BCUT2D eigenvalue weighted by Gasteiger charge is -2.35. The van der Waals surface area contributed by atoms with Crippen LogP contribution in [-0.2, 0) is 9.53 Å². The van der Waals surface area contributed by atoms with E-state index < -0.39 is 0 Å². The first-order chi connectivity index (χ1) is 9.63. The number of ether oxygens (including phenoxy) is 1. The van der Waals surface area contributed by atoms with Crippen LogP contribution in [0.2, 0.25) is 0 Å². The normalized spacial score (nSPS) is 18.9. The van der Waals surface area contributed by atoms with Crippen LogP contribution in [0.5, 0.6) is 0 Å². The molecule has 0 radical (unpaired) electrons. The van der Waals surface area contributed by atoms with E-state index in [-0.39, 0.29) is 17.8 Å². The molecule has 1 aromatic heterocycles. The monoisotopic (exact) mass is 279 g/mol. The maximum Gasteiger partial charge on any atom is 0.245 e. The van der Waals surface area contributed by atoms with E-state index in [4.69, 9.17) is 16.2 Å². The molecular weight excluding hydrogens is 258 g/mol. The van der Waals surface area contributed by atoms with Crippen LogP contribution >= 0.6 is 0 Å². The molecule has 1 atom stereocenters. The number of carbonyl (C=O) groups is 1. The van der Waals surface area contributed by atoms with Gasteiger partial charge in [-0.15, -0.1) is 0 Å². The first-order valence-electron chi connectivity index (χ1n) is 6.77. The van der Waals surface area contributed by atoms with Crippen molar-refractivity contribution in [1.29, 1.82) is 0 Å². The van der Waals surface area contributed by atoms with Crippen LogP contribution in [0.15, 0.2) is 12.1 Å². The first-order valence-corrected chi connectivity index (χ1v) is 6.77. The number of pyridine rings is 1. The average molecular weight is 279 g/mol. The summed E-state index contributed by atoms with van der Waals surface area (Å²) in [5, 5.41) is 2.88. The summed E-state index contributed by atoms with van der Waals surface area (Å²) >= 11 is 0. The predicted molar refractivity (Wildman–Crippen MR) is 78.3 cm³/mol. The molecule has 20 heavy (non-hydrogen) atoms. The molecule has 1 saturated heterocycles. The van der Waals surface area contributed by atoms with Crippen LogP contribution in [0.1, 0.15) is 13.3 Å². The number of anilines is 3. The molecule has 2 rings (SSSR count). The highest BCUT2D eigenvalue weighted by atomic mass is 16.5. The average Bonchev–Trinajstić information content (AvgIpc) is 2.47. The highest BCUT2D eigenvalue weighted by Crippen LogP contribution is 2.22. The van der Waals surface area contributed by atoms with Crippen LogP contribution in [0, 0.1) is 0 Å². The van der Waals surface area contributed by atoms with Crippen molar-refractivity contribution in [3.8, 4) is 0 Å². The van der Waals surface area contributed by atoms with Crippen molar-refractivity contribution < 1.29 is 9.53 Å². The standard InChI is InChI=1S/C13H21N5O2/c1-2-5-16-13(19)10-8-20-7-6-18(10)11-4-3-9(14)12(15)17-11/h3-4,10H,2,5-8,14H2,1H3,(H2,15,17)(H,16,19). The Morgan fingerprint density at radius 2 is 2.35 bits per heavy atom. The topological polar surface area (TPSA) is 106 Å². The van der Waals surface area contributed by atoms with Gasteiger partial charge < -0.3 is 26.4 Å². The molecule has 7 nitrogen and oxygen atoms in total. The predicted octanol–water partition coefficient (Wildman–Crippen LogP) is -0.0226. The number of nitrogens with zero attached hydrogens (tertiary/aromatic N) is 2. The molecular formula is C13H21N5O2. The van der Waals surface area contributed by atoms with Crippen molar-refractivity contribution >= 4 is 23.2 Å². The van der Waals surface area contributed by atoms with Gasteiger partial charge in [0.25, 0.3) is 0 Å². The third kappa shape index (κ3) is 3.11. The minimum atomic E-state index is -0.383. The van der Waals surface area contributed by atoms with Gasteiger partial charge in [-0.1, -0.05) is 6.92 Å². The molecule has 110 valence electrons. The summed E-state index contributed by atoms with van der Waals surface area (Å²) in [6, 6.07) is 3.09. The molecule has 0 saturated carbocycles. The fourth-order valence-corrected chi connectivity index (χ4v) is 2.10. The molecule has 0 bridgehead atoms. The summed E-state index contributed by atoms with van der Waals surface area (Å²) < 4.78 is 5.40. The van der Waals surface area contributed by atoms with E-state index in [9.17, 15) is 4.79 Å². The third-order valence-corrected chi connectivity index (χ3v) is 3.22. The minimum absolute atomic E-state index is 0.0521. The second kappa shape index (κ2) is 6.42. The molecule has 1 aliphatic heterocycles. The van der Waals surface area contributed by atoms with Gasteiger partial charge in [0.1, 0.15) is 17.7 Å². The van der Waals surface area contributed by atoms with Crippen molar-refractivity contribution in [2.24, 2.45) is 0 Å². The third-order valence-electron chi connectivity index (χ3n) is 3.22. The van der Waals surface area contributed by atoms with E-state index in [0.717, 1.165) is 6.42 Å². The number of rotatable bonds is 4. The molecule has 1 unspecified atom stereocenters. The molecule has 1 aromatic rings. The van der Waals surface area contributed by atoms with E-state index >= 15 is 0 Å². The maximum absolute atomic E-state index is 12.2. The number of hydrogen-bond acceptors (Lipinski definition) is 6. The number of nitrogens with two attached hydrogens (primary N) is 2. The Balaban J connectivity index is 2.17. The van der Waals surface area contributed by atoms with Gasteiger partial charge in [0.2, 0.25) is 5.91 Å². The number of aromatic nitrogens is 1. The molecule has 0 spiro atoms. The highest BCUT2D eigenvalue weighted by molar-refractivity contribution is 5.85. The summed E-state index contributed by atoms with van der Waals surface area (Å²) in [6.07, 6.45) is 0.895. The SMILES string of the molecule is CCCNC(=O)C1COCCN1c1ccc(N)c(N)n1. The maximum atomic E-state index is 12.2. The Morgan fingerprint density at radius 3 is 3.05 bits per heavy atom. The van der Waals surface area contributed by atoms with E-state index in [0.29, 0.717) is 37.8 Å². The van der Waals surface area contributed by atoms with Gasteiger partial charge in [0.05, 0.1) is 18.9 Å². The van der Waals surface area contributed by atoms with Gasteiger partial charge in [-0.2, -0.15) is 0 Å². The smallest absolute Gasteiger partial charge is 0.245 e. The summed E-state index contributed by atoms with van der Waals surface area (Å²) in [6.45, 7) is 4.17. The number of morpholine rings is 1. The fourth-order valence-electron chi connectivity index (χ4n) is 2.10. The van der Waals surface area contributed by atoms with E-state index in [1.54, 1.807) is 12.1 Å². The van der Waals surface area contributed by atoms with Crippen molar-refractivity contribution in [3.63, 3.8) is 0 Å². The lowest BCUT2D eigenvalue weighted by Crippen LogP contribution is -2.54. The van der Waals surface area contributed by atoms with Crippen LogP contribution in [0.4, 0.5) is 17.3 Å². The highest BCUT2D eigenvalue weighted by Gasteiger charge is 2.30. The number of carbonyl (C=O) groups excluding carboxylic acids is 1. The van der Waals surface area contributed by atoms with E-state index in [1.165, 1.54) is 0 Å². The molecule has 1 amide bonds. The van der Waals surface area contributed by atoms with Crippen LogP contribution < -0.4 is 21.7 Å². The Labute approximate surface area is 118 Å². The molecule has 0 aliphatic carbocycles. The summed E-state index contributed by atoms with van der Waals surface area (Å²) in [5.74, 6) is 0.877. The van der Waals surface area contributed by atoms with Crippen LogP contribution in [0.25, 0.3) is 0 Å². The van der Waals surface area contributed by atoms with Crippen LogP contribution in [0.3, 0.4) is 0 Å². The van der Waals surface area contributed by atoms with Crippen LogP contribution in [-0.4, -0.2) is 43.2 Å². The largest absolute Gasteiger partial charge is 0.396 e. The van der Waals surface area contributed by atoms with E-state index in [2.05, 4.69) is 10.3 Å². The molecule has 1 fully saturated rings. The Bertz CT molecular complexity index is 480. The molecule has 2 heterocycles. The molecule has 5 N–H and O–H groups in total. The van der Waals surface area contributed by atoms with Crippen molar-refractivity contribution in [2.75, 3.05) is 42.7 Å². The van der Waals surface area contributed by atoms with Gasteiger partial charge in [-0.05, 0) is 18.6 Å². The summed E-state index contributed by atoms with van der Waals surface area (Å²) in [7, 11) is 0. The minimum Gasteiger partial charge on any atom is -0.396 e. The van der Waals surface area contributed by atoms with Gasteiger partial charge in [0, 0.05) is 13.1 Å². The summed E-state index contributed by atoms with van der Waals surface area (Å²) in [4.78, 5) is 18.3. The number of nitrogens with one attached hydrogen (secondary N) is 1. The quantitative estimate of drug-likeness (QED) is 0.715. The Hall–Kier alpha value is -2.02. The van der Waals surface area contributed by atoms with Crippen molar-refractivity contribution in [3.05, 3.63) is 12.1 Å². The van der Waals surface area contributed by atoms with Crippen molar-refractivity contribution in [2.45, 2.75) is 19.4 Å². The number of nitrogen functional groups attached to an aromatic ring is 2. The molecule has 1 aliphatic rings. The Kier molecular flexibility index (Phi) is 4.62. The second-order valence-electron chi connectivity index (χ2n) is 4.72. The lowest BCUT2D eigenvalue weighted by atomic mass is 10.2. The zero-order valence-electron chi connectivity index (χ0n) is 11.6. The van der Waals surface area contributed by atoms with Crippen molar-refractivity contribution in [1.82, 2.24) is 10.3 Å². The number of hydrogen-bond donors (Lipinski definition) is 3. The van der Waals surface area contributed by atoms with Gasteiger partial charge in [0.15, 0.2) is 0 Å². The van der Waals surface area contributed by atoms with Gasteiger partial charge >= 0.3 is 0 Å². The lowest BCUT2D eigenvalue weighted by molar-refractivity contribution is -0.124. The molecule has 7 heteroatoms. The second-order valence-corrected chi connectivity index (χ2v) is 4.72. The zero-order valence-corrected chi connectivity index (χ0v) is 11.6. The van der Waals surface area contributed by atoms with E-state index in [1.807, 2.05) is 11.8 Å². The Morgan fingerprint density at radius 1 is 1.55 bits per heavy atom. The van der Waals surface area contributed by atoms with Gasteiger partial charge in [-0.3, -0.25) is 4.79 Å². The molecule has 0 aromatic carbocycles.